The molecule has 32 heavy (non-hydrogen) atoms. The molecule has 0 spiro atoms. The van der Waals surface area contributed by atoms with Crippen LogP contribution in [-0.2, 0) is 33.1 Å². The van der Waals surface area contributed by atoms with Gasteiger partial charge in [-0.3, -0.25) is 12.2 Å². The van der Waals surface area contributed by atoms with Crippen molar-refractivity contribution in [2.45, 2.75) is 91.7 Å². The first kappa shape index (κ1) is 37.2. The van der Waals surface area contributed by atoms with E-state index in [4.69, 9.17) is 8.85 Å². The van der Waals surface area contributed by atoms with Crippen LogP contribution in [0.15, 0.2) is 35.5 Å². The summed E-state index contributed by atoms with van der Waals surface area (Å²) in [5.41, 5.74) is 2.72. The van der Waals surface area contributed by atoms with Gasteiger partial charge in [-0.25, -0.2) is 23.3 Å². The van der Waals surface area contributed by atoms with Crippen molar-refractivity contribution < 1.29 is 33.1 Å². The Labute approximate surface area is 228 Å². The zero-order valence-corrected chi connectivity index (χ0v) is 27.7. The zero-order valence-electron chi connectivity index (χ0n) is 21.6. The fourth-order valence-electron chi connectivity index (χ4n) is 2.53. The quantitative estimate of drug-likeness (QED) is 0.144. The van der Waals surface area contributed by atoms with Gasteiger partial charge in [-0.2, -0.15) is 12.2 Å². The van der Waals surface area contributed by atoms with Crippen LogP contribution in [0, 0.1) is 12.2 Å². The molecule has 0 amide bonds. The fourth-order valence-corrected chi connectivity index (χ4v) is 4.04. The van der Waals surface area contributed by atoms with Crippen LogP contribution < -0.4 is 0 Å². The van der Waals surface area contributed by atoms with Crippen molar-refractivity contribution in [3.8, 4) is 0 Å². The summed E-state index contributed by atoms with van der Waals surface area (Å²) in [6, 6.07) is 0. The number of halogens is 2. The van der Waals surface area contributed by atoms with Crippen molar-refractivity contribution >= 4 is 44.7 Å². The molecule has 0 aliphatic heterocycles. The van der Waals surface area contributed by atoms with E-state index >= 15 is 0 Å². The first-order valence-corrected chi connectivity index (χ1v) is 19.3. The Bertz CT molecular complexity index is 564. The molecular formula is C25H46Cl2O2Si2Zr. The van der Waals surface area contributed by atoms with Crippen LogP contribution in [0.25, 0.3) is 0 Å². The molecule has 0 saturated carbocycles. The molecular weight excluding hydrogens is 551 g/mol. The smallest absolute Gasteiger partial charge is 0.183 e. The summed E-state index contributed by atoms with van der Waals surface area (Å²) in [5.74, 6) is 0. The van der Waals surface area contributed by atoms with Crippen LogP contribution in [0.1, 0.15) is 52.4 Å². The van der Waals surface area contributed by atoms with Gasteiger partial charge in [-0.15, -0.1) is 37.7 Å². The molecule has 0 radical (unpaired) electrons. The predicted octanol–water partition coefficient (Wildman–Crippen LogP) is 8.20. The van der Waals surface area contributed by atoms with E-state index in [1.165, 1.54) is 14.4 Å². The number of allylic oxidation sites excluding steroid dienone is 8. The van der Waals surface area contributed by atoms with Crippen LogP contribution >= 0.6 is 24.8 Å². The van der Waals surface area contributed by atoms with Crippen LogP contribution in [0.5, 0.6) is 0 Å². The summed E-state index contributed by atoms with van der Waals surface area (Å²) < 4.78 is 13.0. The minimum atomic E-state index is -1.28. The second-order valence-electron chi connectivity index (χ2n) is 9.75. The molecule has 0 aromatic rings. The van der Waals surface area contributed by atoms with E-state index in [-0.39, 0.29) is 24.8 Å². The number of rotatable bonds is 10. The minimum Gasteiger partial charge on any atom is -0.418 e. The average molecular weight is 597 g/mol. The largest absolute Gasteiger partial charge is 0.418 e. The molecule has 2 rings (SSSR count). The van der Waals surface area contributed by atoms with E-state index in [2.05, 4.69) is 89.6 Å². The monoisotopic (exact) mass is 594 g/mol. The molecule has 0 heterocycles. The van der Waals surface area contributed by atoms with Crippen LogP contribution in [0.3, 0.4) is 0 Å². The standard InChI is InChI=1S/2C11H19OSi.C3H6.2ClH.Zr/c2*1-13(2,3)12-10-6-9-11-7-4-5-8-11;1-3-2;;;/h2*4,7H,5-6,9-10H2,1-3H3;1-2H3;2*1H;/q2*-1;;;;+2. The van der Waals surface area contributed by atoms with Gasteiger partial charge in [0, 0.05) is 13.2 Å². The minimum absolute atomic E-state index is 0. The molecule has 0 aromatic heterocycles. The van der Waals surface area contributed by atoms with Gasteiger partial charge in [-0.05, 0) is 52.1 Å². The van der Waals surface area contributed by atoms with E-state index < -0.39 is 16.6 Å². The molecule has 0 aromatic carbocycles. The molecule has 0 N–H and O–H groups in total. The van der Waals surface area contributed by atoms with Crippen LogP contribution in [0.2, 0.25) is 39.3 Å². The van der Waals surface area contributed by atoms with E-state index in [1.54, 1.807) is 24.2 Å². The summed E-state index contributed by atoms with van der Waals surface area (Å²) >= 11 is 1.55. The van der Waals surface area contributed by atoms with Crippen molar-refractivity contribution in [2.75, 3.05) is 13.2 Å². The van der Waals surface area contributed by atoms with Crippen molar-refractivity contribution in [3.05, 3.63) is 47.6 Å². The Hall–Kier alpha value is 0.647. The van der Waals surface area contributed by atoms with Gasteiger partial charge in [0.05, 0.1) is 0 Å². The van der Waals surface area contributed by atoms with Gasteiger partial charge in [0.1, 0.15) is 0 Å². The summed E-state index contributed by atoms with van der Waals surface area (Å²) in [4.78, 5) is 0. The Kier molecular flexibility index (Phi) is 24.4. The summed E-state index contributed by atoms with van der Waals surface area (Å²) in [7, 11) is -2.56. The second-order valence-corrected chi connectivity index (χ2v) is 21.2. The molecule has 184 valence electrons. The van der Waals surface area contributed by atoms with Gasteiger partial charge in [0.25, 0.3) is 0 Å². The zero-order chi connectivity index (χ0) is 23.0. The number of hydrogen-bond donors (Lipinski definition) is 0. The van der Waals surface area contributed by atoms with Gasteiger partial charge in [-0.1, -0.05) is 12.8 Å². The normalized spacial score (nSPS) is 14.2. The van der Waals surface area contributed by atoms with Gasteiger partial charge in [0.2, 0.25) is 0 Å². The Balaban J connectivity index is -0.000000428. The van der Waals surface area contributed by atoms with Crippen molar-refractivity contribution in [1.29, 1.82) is 0 Å². The van der Waals surface area contributed by atoms with E-state index in [1.807, 2.05) is 0 Å². The van der Waals surface area contributed by atoms with Gasteiger partial charge >= 0.3 is 41.3 Å². The fraction of sp³-hybridized carbons (Fsp3) is 0.640. The first-order chi connectivity index (χ1) is 13.9. The Morgan fingerprint density at radius 1 is 0.781 bits per heavy atom. The molecule has 7 heteroatoms. The van der Waals surface area contributed by atoms with Crippen molar-refractivity contribution in [2.24, 2.45) is 0 Å². The average Bonchev–Trinajstić information content (AvgIpc) is 3.28. The SMILES string of the molecule is C[C](C)=[Zr+2].C[Si](C)(C)OCCCC1=[C-]CC=C1.C[Si](C)(C)OCCCC1=[C-]CC=C1.Cl.Cl. The van der Waals surface area contributed by atoms with E-state index in [0.29, 0.717) is 0 Å². The van der Waals surface area contributed by atoms with E-state index in [0.717, 1.165) is 51.7 Å². The summed E-state index contributed by atoms with van der Waals surface area (Å²) in [6.45, 7) is 19.4. The third-order valence-electron chi connectivity index (χ3n) is 3.78. The molecule has 2 nitrogen and oxygen atoms in total. The molecule has 2 aliphatic carbocycles. The molecule has 2 aliphatic rings. The maximum Gasteiger partial charge on any atom is 0.183 e. The third kappa shape index (κ3) is 28.7. The molecule has 0 atom stereocenters. The Morgan fingerprint density at radius 2 is 1.09 bits per heavy atom. The van der Waals surface area contributed by atoms with Gasteiger partial charge in [0.15, 0.2) is 16.6 Å². The van der Waals surface area contributed by atoms with E-state index in [9.17, 15) is 0 Å². The van der Waals surface area contributed by atoms with Crippen LogP contribution in [-0.4, -0.2) is 33.1 Å². The van der Waals surface area contributed by atoms with Crippen molar-refractivity contribution in [3.63, 3.8) is 0 Å². The molecule has 0 unspecified atom stereocenters. The maximum absolute atomic E-state index is 5.76. The second kappa shape index (κ2) is 21.0. The maximum atomic E-state index is 5.76. The molecule has 0 bridgehead atoms. The first-order valence-electron chi connectivity index (χ1n) is 11.2. The third-order valence-corrected chi connectivity index (χ3v) is 5.92. The van der Waals surface area contributed by atoms with Crippen molar-refractivity contribution in [1.82, 2.24) is 0 Å². The molecule has 0 saturated heterocycles. The summed E-state index contributed by atoms with van der Waals surface area (Å²) in [5, 5.41) is 0. The Morgan fingerprint density at radius 3 is 1.31 bits per heavy atom. The summed E-state index contributed by atoms with van der Waals surface area (Å²) in [6.07, 6.45) is 21.8. The topological polar surface area (TPSA) is 18.5 Å². The molecule has 0 fully saturated rings. The number of hydrogen-bond acceptors (Lipinski definition) is 2. The van der Waals surface area contributed by atoms with Crippen LogP contribution in [0.4, 0.5) is 0 Å². The predicted molar refractivity (Wildman–Crippen MR) is 149 cm³/mol. The van der Waals surface area contributed by atoms with Gasteiger partial charge < -0.3 is 8.85 Å².